The third-order valence-corrected chi connectivity index (χ3v) is 1.52. The minimum atomic E-state index is -1.03. The van der Waals surface area contributed by atoms with Crippen molar-refractivity contribution in [1.82, 2.24) is 0 Å². The van der Waals surface area contributed by atoms with Gasteiger partial charge in [0.2, 0.25) is 0 Å². The van der Waals surface area contributed by atoms with Gasteiger partial charge in [-0.3, -0.25) is 0 Å². The van der Waals surface area contributed by atoms with Crippen LogP contribution in [0.1, 0.15) is 0 Å². The van der Waals surface area contributed by atoms with E-state index >= 15 is 0 Å². The summed E-state index contributed by atoms with van der Waals surface area (Å²) in [7, 11) is 0. The van der Waals surface area contributed by atoms with E-state index in [0.717, 1.165) is 18.1 Å². The van der Waals surface area contributed by atoms with Crippen molar-refractivity contribution in [3.8, 4) is 5.75 Å². The number of hydrogen-bond acceptors (Lipinski definition) is 3. The van der Waals surface area contributed by atoms with E-state index in [0.29, 0.717) is 13.2 Å². The average Bonchev–Trinajstić information content (AvgIpc) is 2.24. The molecule has 0 heterocycles. The number of aliphatic carboxylic acids is 1. The number of para-hydroxylation sites is 1. The van der Waals surface area contributed by atoms with Crippen LogP contribution in [-0.2, 0) is 9.53 Å². The summed E-state index contributed by atoms with van der Waals surface area (Å²) in [6.07, 6.45) is 2.07. The summed E-state index contributed by atoms with van der Waals surface area (Å²) in [6, 6.07) is 9.33. The molecule has 0 fully saturated rings. The average molecular weight is 208 g/mol. The topological polar surface area (TPSA) is 55.8 Å². The number of carboxylic acids is 1. The highest BCUT2D eigenvalue weighted by molar-refractivity contribution is 5.79. The fourth-order valence-corrected chi connectivity index (χ4v) is 0.899. The van der Waals surface area contributed by atoms with Gasteiger partial charge in [-0.05, 0) is 12.1 Å². The molecule has 1 rings (SSSR count). The lowest BCUT2D eigenvalue weighted by Gasteiger charge is -2.04. The molecule has 0 aliphatic heterocycles. The van der Waals surface area contributed by atoms with E-state index in [1.165, 1.54) is 0 Å². The fraction of sp³-hybridized carbons (Fsp3) is 0.182. The van der Waals surface area contributed by atoms with Crippen molar-refractivity contribution in [3.63, 3.8) is 0 Å². The summed E-state index contributed by atoms with van der Waals surface area (Å²) < 4.78 is 10.2. The third kappa shape index (κ3) is 5.36. The van der Waals surface area contributed by atoms with Gasteiger partial charge in [0.25, 0.3) is 0 Å². The van der Waals surface area contributed by atoms with Crippen LogP contribution in [0.2, 0.25) is 0 Å². The largest absolute Gasteiger partial charge is 0.497 e. The Morgan fingerprint density at radius 1 is 1.27 bits per heavy atom. The highest BCUT2D eigenvalue weighted by Crippen LogP contribution is 2.07. The van der Waals surface area contributed by atoms with Crippen molar-refractivity contribution in [3.05, 3.63) is 42.7 Å². The van der Waals surface area contributed by atoms with Gasteiger partial charge in [0.15, 0.2) is 0 Å². The molecule has 0 spiro atoms. The number of carboxylic acid groups (broad SMARTS) is 1. The summed E-state index contributed by atoms with van der Waals surface area (Å²) in [6.45, 7) is 0.701. The third-order valence-electron chi connectivity index (χ3n) is 1.52. The van der Waals surface area contributed by atoms with Crippen LogP contribution in [0.15, 0.2) is 42.7 Å². The van der Waals surface area contributed by atoms with Crippen molar-refractivity contribution < 1.29 is 19.4 Å². The zero-order valence-corrected chi connectivity index (χ0v) is 8.13. The quantitative estimate of drug-likeness (QED) is 0.439. The molecule has 4 heteroatoms. The molecular formula is C11H12O4. The molecule has 0 radical (unpaired) electrons. The number of hydrogen-bond donors (Lipinski definition) is 1. The Balaban J connectivity index is 2.10. The lowest BCUT2D eigenvalue weighted by Crippen LogP contribution is -2.04. The van der Waals surface area contributed by atoms with Gasteiger partial charge >= 0.3 is 5.97 Å². The molecule has 80 valence electrons. The van der Waals surface area contributed by atoms with E-state index < -0.39 is 5.97 Å². The molecule has 0 amide bonds. The zero-order valence-electron chi connectivity index (χ0n) is 8.13. The van der Waals surface area contributed by atoms with Crippen LogP contribution >= 0.6 is 0 Å². The summed E-state index contributed by atoms with van der Waals surface area (Å²) in [4.78, 5) is 10.1. The number of rotatable bonds is 6. The van der Waals surface area contributed by atoms with Crippen LogP contribution < -0.4 is 4.74 Å². The zero-order chi connectivity index (χ0) is 10.9. The van der Waals surface area contributed by atoms with E-state index in [-0.39, 0.29) is 0 Å². The molecule has 15 heavy (non-hydrogen) atoms. The summed E-state index contributed by atoms with van der Waals surface area (Å²) >= 11 is 0. The highest BCUT2D eigenvalue weighted by Gasteiger charge is 1.90. The molecule has 0 aliphatic carbocycles. The number of carbonyl (C=O) groups is 1. The standard InChI is InChI=1S/C11H12O4/c12-11(13)6-7-14-8-9-15-10-4-2-1-3-5-10/h1-7H,8-9H2,(H,12,13). The summed E-state index contributed by atoms with van der Waals surface area (Å²) in [5.74, 6) is -0.262. The number of ether oxygens (including phenoxy) is 2. The predicted molar refractivity (Wildman–Crippen MR) is 54.7 cm³/mol. The van der Waals surface area contributed by atoms with Gasteiger partial charge in [0.05, 0.1) is 12.3 Å². The minimum absolute atomic E-state index is 0.318. The Morgan fingerprint density at radius 2 is 2.00 bits per heavy atom. The molecule has 0 saturated carbocycles. The van der Waals surface area contributed by atoms with Crippen LogP contribution in [0.25, 0.3) is 0 Å². The molecule has 1 N–H and O–H groups in total. The second-order valence-electron chi connectivity index (χ2n) is 2.67. The Kier molecular flexibility index (Phi) is 4.80. The van der Waals surface area contributed by atoms with Crippen molar-refractivity contribution in [2.75, 3.05) is 13.2 Å². The van der Waals surface area contributed by atoms with Crippen molar-refractivity contribution in [2.24, 2.45) is 0 Å². The van der Waals surface area contributed by atoms with Gasteiger partial charge in [0, 0.05) is 0 Å². The molecular weight excluding hydrogens is 196 g/mol. The van der Waals surface area contributed by atoms with E-state index in [9.17, 15) is 4.79 Å². The Labute approximate surface area is 87.7 Å². The van der Waals surface area contributed by atoms with Crippen LogP contribution in [0.4, 0.5) is 0 Å². The SMILES string of the molecule is O=C(O)C=COCCOc1ccccc1. The lowest BCUT2D eigenvalue weighted by atomic mass is 10.3. The highest BCUT2D eigenvalue weighted by atomic mass is 16.5. The van der Waals surface area contributed by atoms with Gasteiger partial charge in [-0.2, -0.15) is 0 Å². The van der Waals surface area contributed by atoms with E-state index in [1.807, 2.05) is 30.3 Å². The van der Waals surface area contributed by atoms with Crippen molar-refractivity contribution >= 4 is 5.97 Å². The first-order chi connectivity index (χ1) is 7.29. The van der Waals surface area contributed by atoms with Gasteiger partial charge < -0.3 is 14.6 Å². The maximum atomic E-state index is 10.1. The van der Waals surface area contributed by atoms with Gasteiger partial charge in [-0.1, -0.05) is 18.2 Å². The van der Waals surface area contributed by atoms with E-state index in [4.69, 9.17) is 14.6 Å². The van der Waals surface area contributed by atoms with Crippen LogP contribution in [0.5, 0.6) is 5.75 Å². The second kappa shape index (κ2) is 6.48. The second-order valence-corrected chi connectivity index (χ2v) is 2.67. The Bertz CT molecular complexity index is 319. The molecule has 0 saturated heterocycles. The maximum absolute atomic E-state index is 10.1. The smallest absolute Gasteiger partial charge is 0.331 e. The molecule has 1 aromatic carbocycles. The molecule has 0 aromatic heterocycles. The molecule has 1 aromatic rings. The first-order valence-corrected chi connectivity index (χ1v) is 4.48. The van der Waals surface area contributed by atoms with Gasteiger partial charge in [-0.15, -0.1) is 0 Å². The van der Waals surface area contributed by atoms with Crippen LogP contribution in [-0.4, -0.2) is 24.3 Å². The summed E-state index contributed by atoms with van der Waals surface area (Å²) in [5, 5.41) is 8.25. The molecule has 0 atom stereocenters. The Hall–Kier alpha value is -1.97. The lowest BCUT2D eigenvalue weighted by molar-refractivity contribution is -0.131. The molecule has 4 nitrogen and oxygen atoms in total. The first kappa shape index (κ1) is 11.1. The molecule has 0 unspecified atom stereocenters. The van der Waals surface area contributed by atoms with Crippen LogP contribution in [0.3, 0.4) is 0 Å². The molecule has 0 aliphatic rings. The van der Waals surface area contributed by atoms with Crippen molar-refractivity contribution in [2.45, 2.75) is 0 Å². The monoisotopic (exact) mass is 208 g/mol. The maximum Gasteiger partial charge on any atom is 0.331 e. The molecule has 0 bridgehead atoms. The fourth-order valence-electron chi connectivity index (χ4n) is 0.899. The number of benzene rings is 1. The van der Waals surface area contributed by atoms with E-state index in [1.54, 1.807) is 0 Å². The van der Waals surface area contributed by atoms with E-state index in [2.05, 4.69) is 0 Å². The predicted octanol–water partition coefficient (Wildman–Crippen LogP) is 1.68. The van der Waals surface area contributed by atoms with Gasteiger partial charge in [0.1, 0.15) is 19.0 Å². The van der Waals surface area contributed by atoms with Crippen LogP contribution in [0, 0.1) is 0 Å². The Morgan fingerprint density at radius 3 is 2.67 bits per heavy atom. The first-order valence-electron chi connectivity index (χ1n) is 4.48. The van der Waals surface area contributed by atoms with Gasteiger partial charge in [-0.25, -0.2) is 4.79 Å². The normalized spacial score (nSPS) is 10.1. The minimum Gasteiger partial charge on any atom is -0.497 e. The van der Waals surface area contributed by atoms with Crippen molar-refractivity contribution in [1.29, 1.82) is 0 Å². The summed E-state index contributed by atoms with van der Waals surface area (Å²) in [5.41, 5.74) is 0.